The maximum Gasteiger partial charge on any atom is 0.191 e. The van der Waals surface area contributed by atoms with Gasteiger partial charge in [0.2, 0.25) is 0 Å². The molecule has 0 saturated carbocycles. The van der Waals surface area contributed by atoms with Crippen LogP contribution in [0.3, 0.4) is 0 Å². The fourth-order valence-corrected chi connectivity index (χ4v) is 3.41. The number of piperidine rings is 1. The second-order valence-corrected chi connectivity index (χ2v) is 7.04. The van der Waals surface area contributed by atoms with E-state index < -0.39 is 0 Å². The Morgan fingerprint density at radius 3 is 2.80 bits per heavy atom. The van der Waals surface area contributed by atoms with Crippen LogP contribution in [0.4, 0.5) is 0 Å². The first-order chi connectivity index (χ1) is 11.8. The van der Waals surface area contributed by atoms with Crippen molar-refractivity contribution < 1.29 is 9.47 Å². The van der Waals surface area contributed by atoms with Crippen molar-refractivity contribution in [2.45, 2.75) is 45.1 Å². The molecule has 7 heteroatoms. The van der Waals surface area contributed by atoms with Crippen LogP contribution in [0.5, 0.6) is 0 Å². The highest BCUT2D eigenvalue weighted by Crippen LogP contribution is 2.14. The molecule has 0 aromatic rings. The van der Waals surface area contributed by atoms with E-state index in [9.17, 15) is 0 Å². The standard InChI is InChI=1S/C18H36N4O2.HI/c1-16-6-3-10-22(14-16)11-9-21-18(19-2)20-8-5-12-23-15-17-7-4-13-24-17;/h16-17H,3-15H2,1-2H3,(H2,19,20,21);1H. The highest BCUT2D eigenvalue weighted by molar-refractivity contribution is 14.0. The van der Waals surface area contributed by atoms with E-state index in [1.54, 1.807) is 0 Å². The highest BCUT2D eigenvalue weighted by atomic mass is 127. The number of nitrogens with zero attached hydrogens (tertiary/aromatic N) is 2. The molecular formula is C18H37IN4O2. The number of hydrogen-bond donors (Lipinski definition) is 2. The summed E-state index contributed by atoms with van der Waals surface area (Å²) in [6.45, 7) is 10.1. The second kappa shape index (κ2) is 14.0. The van der Waals surface area contributed by atoms with Gasteiger partial charge in [0, 0.05) is 46.4 Å². The minimum Gasteiger partial charge on any atom is -0.379 e. The van der Waals surface area contributed by atoms with E-state index in [-0.39, 0.29) is 24.0 Å². The minimum absolute atomic E-state index is 0. The Labute approximate surface area is 170 Å². The molecule has 0 amide bonds. The third kappa shape index (κ3) is 9.96. The molecule has 2 unspecified atom stereocenters. The number of guanidine groups is 1. The molecule has 2 rings (SSSR count). The summed E-state index contributed by atoms with van der Waals surface area (Å²) in [5, 5.41) is 6.76. The molecule has 0 aromatic carbocycles. The number of rotatable bonds is 9. The minimum atomic E-state index is 0. The molecule has 2 atom stereocenters. The molecule has 25 heavy (non-hydrogen) atoms. The van der Waals surface area contributed by atoms with E-state index in [2.05, 4.69) is 27.4 Å². The quantitative estimate of drug-likeness (QED) is 0.235. The summed E-state index contributed by atoms with van der Waals surface area (Å²) in [4.78, 5) is 6.83. The summed E-state index contributed by atoms with van der Waals surface area (Å²) >= 11 is 0. The summed E-state index contributed by atoms with van der Waals surface area (Å²) in [5.74, 6) is 1.73. The number of halogens is 1. The molecule has 0 bridgehead atoms. The highest BCUT2D eigenvalue weighted by Gasteiger charge is 2.16. The van der Waals surface area contributed by atoms with Crippen molar-refractivity contribution >= 4 is 29.9 Å². The lowest BCUT2D eigenvalue weighted by atomic mass is 10.0. The molecule has 2 heterocycles. The molecule has 0 radical (unpaired) electrons. The normalized spacial score (nSPS) is 24.8. The van der Waals surface area contributed by atoms with Crippen molar-refractivity contribution in [2.75, 3.05) is 59.6 Å². The summed E-state index contributed by atoms with van der Waals surface area (Å²) < 4.78 is 11.2. The zero-order chi connectivity index (χ0) is 17.0. The Kier molecular flexibility index (Phi) is 12.8. The molecule has 0 aliphatic carbocycles. The van der Waals surface area contributed by atoms with Gasteiger partial charge in [0.15, 0.2) is 5.96 Å². The first-order valence-corrected chi connectivity index (χ1v) is 9.64. The van der Waals surface area contributed by atoms with Crippen LogP contribution in [0.15, 0.2) is 4.99 Å². The van der Waals surface area contributed by atoms with Crippen LogP contribution in [0.2, 0.25) is 0 Å². The second-order valence-electron chi connectivity index (χ2n) is 7.04. The SMILES string of the molecule is CN=C(NCCCOCC1CCCO1)NCCN1CCCC(C)C1.I. The van der Waals surface area contributed by atoms with Crippen LogP contribution in [0.1, 0.15) is 39.0 Å². The molecule has 148 valence electrons. The van der Waals surface area contributed by atoms with Gasteiger partial charge in [-0.05, 0) is 44.6 Å². The van der Waals surface area contributed by atoms with Crippen LogP contribution in [0.25, 0.3) is 0 Å². The van der Waals surface area contributed by atoms with Crippen molar-refractivity contribution in [1.82, 2.24) is 15.5 Å². The maximum atomic E-state index is 5.67. The summed E-state index contributed by atoms with van der Waals surface area (Å²) in [6, 6.07) is 0. The molecular weight excluding hydrogens is 431 g/mol. The molecule has 2 saturated heterocycles. The molecule has 0 spiro atoms. The smallest absolute Gasteiger partial charge is 0.191 e. The largest absolute Gasteiger partial charge is 0.379 e. The van der Waals surface area contributed by atoms with E-state index in [4.69, 9.17) is 9.47 Å². The van der Waals surface area contributed by atoms with E-state index >= 15 is 0 Å². The van der Waals surface area contributed by atoms with Crippen LogP contribution >= 0.6 is 24.0 Å². The van der Waals surface area contributed by atoms with Gasteiger partial charge in [0.1, 0.15) is 0 Å². The van der Waals surface area contributed by atoms with Crippen LogP contribution in [0, 0.1) is 5.92 Å². The number of hydrogen-bond acceptors (Lipinski definition) is 4. The predicted octanol–water partition coefficient (Wildman–Crippen LogP) is 2.09. The monoisotopic (exact) mass is 468 g/mol. The van der Waals surface area contributed by atoms with Gasteiger partial charge in [-0.15, -0.1) is 24.0 Å². The van der Waals surface area contributed by atoms with Crippen molar-refractivity contribution in [1.29, 1.82) is 0 Å². The fourth-order valence-electron chi connectivity index (χ4n) is 3.41. The van der Waals surface area contributed by atoms with Gasteiger partial charge in [-0.1, -0.05) is 6.92 Å². The number of nitrogens with one attached hydrogen (secondary N) is 2. The predicted molar refractivity (Wildman–Crippen MR) is 114 cm³/mol. The zero-order valence-corrected chi connectivity index (χ0v) is 18.3. The van der Waals surface area contributed by atoms with Gasteiger partial charge in [-0.25, -0.2) is 0 Å². The summed E-state index contributed by atoms with van der Waals surface area (Å²) in [6.07, 6.45) is 6.34. The molecule has 0 aromatic heterocycles. The number of ether oxygens (including phenoxy) is 2. The van der Waals surface area contributed by atoms with Crippen molar-refractivity contribution in [2.24, 2.45) is 10.9 Å². The van der Waals surface area contributed by atoms with Gasteiger partial charge in [0.05, 0.1) is 12.7 Å². The topological polar surface area (TPSA) is 58.1 Å². The molecule has 2 aliphatic rings. The van der Waals surface area contributed by atoms with Crippen molar-refractivity contribution in [3.8, 4) is 0 Å². The number of aliphatic imine (C=N–C) groups is 1. The van der Waals surface area contributed by atoms with Gasteiger partial charge < -0.3 is 25.0 Å². The average molecular weight is 468 g/mol. The Morgan fingerprint density at radius 1 is 1.24 bits per heavy atom. The Balaban J connectivity index is 0.00000312. The fraction of sp³-hybridized carbons (Fsp3) is 0.944. The molecule has 6 nitrogen and oxygen atoms in total. The lowest BCUT2D eigenvalue weighted by molar-refractivity contribution is 0.0168. The lowest BCUT2D eigenvalue weighted by Crippen LogP contribution is -2.44. The first-order valence-electron chi connectivity index (χ1n) is 9.64. The van der Waals surface area contributed by atoms with Gasteiger partial charge in [0.25, 0.3) is 0 Å². The first kappa shape index (κ1) is 22.9. The van der Waals surface area contributed by atoms with E-state index in [0.29, 0.717) is 6.10 Å². The van der Waals surface area contributed by atoms with Crippen LogP contribution in [-0.2, 0) is 9.47 Å². The Morgan fingerprint density at radius 2 is 2.08 bits per heavy atom. The number of likely N-dealkylation sites (tertiary alicyclic amines) is 1. The van der Waals surface area contributed by atoms with E-state index in [0.717, 1.165) is 64.2 Å². The summed E-state index contributed by atoms with van der Waals surface area (Å²) in [7, 11) is 1.83. The van der Waals surface area contributed by atoms with Crippen LogP contribution in [-0.4, -0.2) is 76.6 Å². The Hall–Kier alpha value is -0.120. The third-order valence-electron chi connectivity index (χ3n) is 4.77. The van der Waals surface area contributed by atoms with Gasteiger partial charge in [-0.3, -0.25) is 4.99 Å². The van der Waals surface area contributed by atoms with Crippen LogP contribution < -0.4 is 10.6 Å². The van der Waals surface area contributed by atoms with E-state index in [1.807, 2.05) is 7.05 Å². The van der Waals surface area contributed by atoms with Gasteiger partial charge in [-0.2, -0.15) is 0 Å². The third-order valence-corrected chi connectivity index (χ3v) is 4.77. The Bertz CT molecular complexity index is 365. The van der Waals surface area contributed by atoms with Crippen molar-refractivity contribution in [3.05, 3.63) is 0 Å². The molecule has 2 N–H and O–H groups in total. The zero-order valence-electron chi connectivity index (χ0n) is 16.0. The summed E-state index contributed by atoms with van der Waals surface area (Å²) in [5.41, 5.74) is 0. The van der Waals surface area contributed by atoms with Gasteiger partial charge >= 0.3 is 0 Å². The molecule has 2 fully saturated rings. The lowest BCUT2D eigenvalue weighted by Gasteiger charge is -2.30. The molecule has 2 aliphatic heterocycles. The maximum absolute atomic E-state index is 5.67. The van der Waals surface area contributed by atoms with Crippen molar-refractivity contribution in [3.63, 3.8) is 0 Å². The average Bonchev–Trinajstić information content (AvgIpc) is 3.09. The van der Waals surface area contributed by atoms with E-state index in [1.165, 1.54) is 32.4 Å².